The zero-order valence-electron chi connectivity index (χ0n) is 10.2. The van der Waals surface area contributed by atoms with Crippen LogP contribution in [0.15, 0.2) is 18.2 Å². The molecule has 1 aromatic rings. The van der Waals surface area contributed by atoms with Gasteiger partial charge in [0, 0.05) is 24.0 Å². The van der Waals surface area contributed by atoms with Crippen molar-refractivity contribution in [1.82, 2.24) is 0 Å². The average Bonchev–Trinajstić information content (AvgIpc) is 2.96. The summed E-state index contributed by atoms with van der Waals surface area (Å²) in [5.41, 5.74) is 0.748. The summed E-state index contributed by atoms with van der Waals surface area (Å²) in [6, 6.07) is 4.63. The maximum Gasteiger partial charge on any atom is 0.123 e. The lowest BCUT2D eigenvalue weighted by atomic mass is 9.81. The summed E-state index contributed by atoms with van der Waals surface area (Å²) in [4.78, 5) is 0. The standard InChI is InChI=1S/C14H17FO3/c15-11-1-2-13-10(5-11)6-12(18-13)7-14(8-16)3-4-17-9-14/h1-2,5,12,16H,3-4,6-9H2. The van der Waals surface area contributed by atoms with Crippen molar-refractivity contribution in [2.45, 2.75) is 25.4 Å². The van der Waals surface area contributed by atoms with Crippen LogP contribution in [0, 0.1) is 11.2 Å². The van der Waals surface area contributed by atoms with Crippen LogP contribution in [0.4, 0.5) is 4.39 Å². The Morgan fingerprint density at radius 3 is 3.06 bits per heavy atom. The van der Waals surface area contributed by atoms with Crippen molar-refractivity contribution in [3.8, 4) is 5.75 Å². The van der Waals surface area contributed by atoms with Gasteiger partial charge in [-0.1, -0.05) is 0 Å². The van der Waals surface area contributed by atoms with Crippen molar-refractivity contribution < 1.29 is 19.0 Å². The second-order valence-corrected chi connectivity index (χ2v) is 5.36. The number of benzene rings is 1. The second-order valence-electron chi connectivity index (χ2n) is 5.36. The van der Waals surface area contributed by atoms with Crippen LogP contribution in [0.1, 0.15) is 18.4 Å². The molecular weight excluding hydrogens is 235 g/mol. The van der Waals surface area contributed by atoms with Gasteiger partial charge in [0.05, 0.1) is 13.2 Å². The molecule has 0 spiro atoms. The average molecular weight is 252 g/mol. The van der Waals surface area contributed by atoms with E-state index in [0.29, 0.717) is 13.2 Å². The van der Waals surface area contributed by atoms with Crippen molar-refractivity contribution in [2.24, 2.45) is 5.41 Å². The molecule has 1 aromatic carbocycles. The van der Waals surface area contributed by atoms with Gasteiger partial charge in [0.25, 0.3) is 0 Å². The Bertz CT molecular complexity index is 441. The predicted molar refractivity (Wildman–Crippen MR) is 64.1 cm³/mol. The van der Waals surface area contributed by atoms with Gasteiger partial charge in [0.1, 0.15) is 17.7 Å². The van der Waals surface area contributed by atoms with E-state index >= 15 is 0 Å². The molecule has 2 atom stereocenters. The van der Waals surface area contributed by atoms with E-state index in [0.717, 1.165) is 30.6 Å². The van der Waals surface area contributed by atoms with Crippen LogP contribution in [-0.4, -0.2) is 31.0 Å². The second kappa shape index (κ2) is 4.52. The zero-order valence-corrected chi connectivity index (χ0v) is 10.2. The van der Waals surface area contributed by atoms with E-state index in [2.05, 4.69) is 0 Å². The predicted octanol–water partition coefficient (Wildman–Crippen LogP) is 1.92. The number of rotatable bonds is 3. The van der Waals surface area contributed by atoms with Crippen LogP contribution >= 0.6 is 0 Å². The number of ether oxygens (including phenoxy) is 2. The largest absolute Gasteiger partial charge is 0.490 e. The third-order valence-electron chi connectivity index (χ3n) is 3.94. The van der Waals surface area contributed by atoms with Crippen LogP contribution in [0.25, 0.3) is 0 Å². The van der Waals surface area contributed by atoms with E-state index in [-0.39, 0.29) is 23.9 Å². The molecule has 18 heavy (non-hydrogen) atoms. The molecule has 0 radical (unpaired) electrons. The molecular formula is C14H17FO3. The van der Waals surface area contributed by atoms with Gasteiger partial charge in [-0.3, -0.25) is 0 Å². The molecule has 1 fully saturated rings. The van der Waals surface area contributed by atoms with E-state index in [1.165, 1.54) is 12.1 Å². The van der Waals surface area contributed by atoms with Gasteiger partial charge in [-0.05, 0) is 31.0 Å². The smallest absolute Gasteiger partial charge is 0.123 e. The summed E-state index contributed by atoms with van der Waals surface area (Å²) < 4.78 is 24.3. The molecule has 2 aliphatic rings. The van der Waals surface area contributed by atoms with E-state index in [1.54, 1.807) is 6.07 Å². The SMILES string of the molecule is OCC1(CC2Cc3cc(F)ccc3O2)CCOC1. The Hall–Kier alpha value is -1.13. The number of fused-ring (bicyclic) bond motifs is 1. The Balaban J connectivity index is 1.70. The maximum absolute atomic E-state index is 13.1. The fraction of sp³-hybridized carbons (Fsp3) is 0.571. The molecule has 2 unspecified atom stereocenters. The quantitative estimate of drug-likeness (QED) is 0.893. The highest BCUT2D eigenvalue weighted by Gasteiger charge is 2.39. The maximum atomic E-state index is 13.1. The number of halogens is 1. The summed E-state index contributed by atoms with van der Waals surface area (Å²) in [7, 11) is 0. The van der Waals surface area contributed by atoms with E-state index < -0.39 is 0 Å². The van der Waals surface area contributed by atoms with Crippen LogP contribution in [0.5, 0.6) is 5.75 Å². The van der Waals surface area contributed by atoms with Crippen LogP contribution in [0.3, 0.4) is 0 Å². The molecule has 1 N–H and O–H groups in total. The van der Waals surface area contributed by atoms with Crippen molar-refractivity contribution in [1.29, 1.82) is 0 Å². The third-order valence-corrected chi connectivity index (χ3v) is 3.94. The summed E-state index contributed by atoms with van der Waals surface area (Å²) in [5, 5.41) is 9.54. The van der Waals surface area contributed by atoms with E-state index in [4.69, 9.17) is 9.47 Å². The minimum Gasteiger partial charge on any atom is -0.490 e. The van der Waals surface area contributed by atoms with Gasteiger partial charge >= 0.3 is 0 Å². The van der Waals surface area contributed by atoms with Gasteiger partial charge in [-0.2, -0.15) is 0 Å². The van der Waals surface area contributed by atoms with Gasteiger partial charge in [-0.15, -0.1) is 0 Å². The molecule has 0 amide bonds. The molecule has 98 valence electrons. The first-order valence-electron chi connectivity index (χ1n) is 6.34. The molecule has 3 nitrogen and oxygen atoms in total. The molecule has 2 heterocycles. The first-order valence-corrected chi connectivity index (χ1v) is 6.34. The molecule has 0 aliphatic carbocycles. The van der Waals surface area contributed by atoms with Crippen LogP contribution < -0.4 is 4.74 Å². The van der Waals surface area contributed by atoms with Gasteiger partial charge < -0.3 is 14.6 Å². The molecule has 0 saturated carbocycles. The first kappa shape index (κ1) is 11.9. The highest BCUT2D eigenvalue weighted by molar-refractivity contribution is 5.37. The van der Waals surface area contributed by atoms with Gasteiger partial charge in [0.15, 0.2) is 0 Å². The van der Waals surface area contributed by atoms with Crippen molar-refractivity contribution >= 4 is 0 Å². The van der Waals surface area contributed by atoms with Crippen molar-refractivity contribution in [3.05, 3.63) is 29.6 Å². The number of hydrogen-bond donors (Lipinski definition) is 1. The van der Waals surface area contributed by atoms with Gasteiger partial charge in [-0.25, -0.2) is 4.39 Å². The topological polar surface area (TPSA) is 38.7 Å². The van der Waals surface area contributed by atoms with E-state index in [9.17, 15) is 9.50 Å². The fourth-order valence-electron chi connectivity index (χ4n) is 2.89. The summed E-state index contributed by atoms with van der Waals surface area (Å²) in [6.07, 6.45) is 2.37. The first-order chi connectivity index (χ1) is 8.71. The number of aliphatic hydroxyl groups excluding tert-OH is 1. The number of aliphatic hydroxyl groups is 1. The summed E-state index contributed by atoms with van der Waals surface area (Å²) in [6.45, 7) is 1.42. The highest BCUT2D eigenvalue weighted by Crippen LogP contribution is 2.38. The fourth-order valence-corrected chi connectivity index (χ4v) is 2.89. The van der Waals surface area contributed by atoms with Crippen molar-refractivity contribution in [3.63, 3.8) is 0 Å². The molecule has 1 saturated heterocycles. The van der Waals surface area contributed by atoms with Crippen molar-refractivity contribution in [2.75, 3.05) is 19.8 Å². The van der Waals surface area contributed by atoms with Crippen LogP contribution in [-0.2, 0) is 11.2 Å². The Morgan fingerprint density at radius 1 is 1.44 bits per heavy atom. The van der Waals surface area contributed by atoms with E-state index in [1.807, 2.05) is 0 Å². The molecule has 0 aromatic heterocycles. The summed E-state index contributed by atoms with van der Waals surface area (Å²) >= 11 is 0. The minimum atomic E-state index is -0.223. The Labute approximate surface area is 106 Å². The molecule has 3 rings (SSSR count). The summed E-state index contributed by atoms with van der Waals surface area (Å²) in [5.74, 6) is 0.549. The highest BCUT2D eigenvalue weighted by atomic mass is 19.1. The van der Waals surface area contributed by atoms with Crippen LogP contribution in [0.2, 0.25) is 0 Å². The Kier molecular flexibility index (Phi) is 2.99. The zero-order chi connectivity index (χ0) is 12.6. The lowest BCUT2D eigenvalue weighted by Crippen LogP contribution is -2.32. The molecule has 2 aliphatic heterocycles. The number of hydrogen-bond acceptors (Lipinski definition) is 3. The normalized spacial score (nSPS) is 30.2. The lowest BCUT2D eigenvalue weighted by molar-refractivity contribution is 0.0533. The molecule has 4 heteroatoms. The monoisotopic (exact) mass is 252 g/mol. The van der Waals surface area contributed by atoms with Gasteiger partial charge in [0.2, 0.25) is 0 Å². The lowest BCUT2D eigenvalue weighted by Gasteiger charge is -2.27. The Morgan fingerprint density at radius 2 is 2.33 bits per heavy atom. The molecule has 0 bridgehead atoms. The minimum absolute atomic E-state index is 0.0237. The third kappa shape index (κ3) is 2.10.